The Labute approximate surface area is 205 Å². The zero-order valence-electron chi connectivity index (χ0n) is 17.5. The number of Topliss-reactive ketones (excluding diaryl/α,β-unsaturated/α-hetero) is 1. The first kappa shape index (κ1) is 23.1. The van der Waals surface area contributed by atoms with Gasteiger partial charge in [-0.1, -0.05) is 34.8 Å². The predicted molar refractivity (Wildman–Crippen MR) is 128 cm³/mol. The quantitative estimate of drug-likeness (QED) is 0.269. The molecule has 1 aliphatic rings. The van der Waals surface area contributed by atoms with E-state index in [1.807, 2.05) is 0 Å². The van der Waals surface area contributed by atoms with Gasteiger partial charge in [-0.05, 0) is 60.5 Å². The Balaban J connectivity index is 2.02. The number of amides is 1. The van der Waals surface area contributed by atoms with Crippen LogP contribution < -0.4 is 9.64 Å². The zero-order valence-corrected chi connectivity index (χ0v) is 19.7. The molecule has 0 bridgehead atoms. The van der Waals surface area contributed by atoms with E-state index in [2.05, 4.69) is 4.98 Å². The number of methoxy groups -OCH3 is 1. The van der Waals surface area contributed by atoms with Crippen LogP contribution in [-0.2, 0) is 9.59 Å². The van der Waals surface area contributed by atoms with Crippen LogP contribution in [0.3, 0.4) is 0 Å². The summed E-state index contributed by atoms with van der Waals surface area (Å²) in [5.74, 6) is -1.98. The van der Waals surface area contributed by atoms with E-state index in [-0.39, 0.29) is 26.9 Å². The molecule has 1 unspecified atom stereocenters. The number of benzene rings is 2. The number of anilines is 1. The van der Waals surface area contributed by atoms with Crippen LogP contribution in [0.15, 0.2) is 60.4 Å². The monoisotopic (exact) mass is 502 g/mol. The lowest BCUT2D eigenvalue weighted by atomic mass is 9.95. The second kappa shape index (κ2) is 9.06. The molecule has 3 aromatic rings. The third-order valence-corrected chi connectivity index (χ3v) is 6.09. The molecular formula is C24H17Cl3N2O4. The van der Waals surface area contributed by atoms with Gasteiger partial charge >= 0.3 is 0 Å². The first-order valence-electron chi connectivity index (χ1n) is 9.75. The summed E-state index contributed by atoms with van der Waals surface area (Å²) in [6.45, 7) is 1.78. The van der Waals surface area contributed by atoms with Crippen molar-refractivity contribution in [2.24, 2.45) is 0 Å². The summed E-state index contributed by atoms with van der Waals surface area (Å²) in [5.41, 5.74) is 1.72. The van der Waals surface area contributed by atoms with Gasteiger partial charge in [-0.15, -0.1) is 0 Å². The van der Waals surface area contributed by atoms with Gasteiger partial charge in [0.15, 0.2) is 0 Å². The van der Waals surface area contributed by atoms with Crippen LogP contribution >= 0.6 is 34.8 Å². The largest absolute Gasteiger partial charge is 0.507 e. The Morgan fingerprint density at radius 2 is 1.73 bits per heavy atom. The van der Waals surface area contributed by atoms with Gasteiger partial charge in [0, 0.05) is 28.1 Å². The molecule has 33 heavy (non-hydrogen) atoms. The Hall–Kier alpha value is -3.06. The molecule has 2 aromatic carbocycles. The highest BCUT2D eigenvalue weighted by atomic mass is 35.5. The van der Waals surface area contributed by atoms with E-state index in [9.17, 15) is 14.7 Å². The molecule has 1 atom stereocenters. The Morgan fingerprint density at radius 3 is 2.36 bits per heavy atom. The van der Waals surface area contributed by atoms with E-state index < -0.39 is 23.5 Å². The van der Waals surface area contributed by atoms with E-state index in [4.69, 9.17) is 39.5 Å². The molecule has 0 radical (unpaired) electrons. The van der Waals surface area contributed by atoms with Crippen molar-refractivity contribution >= 4 is 57.9 Å². The number of aromatic nitrogens is 1. The van der Waals surface area contributed by atoms with Crippen molar-refractivity contribution in [3.63, 3.8) is 0 Å². The highest BCUT2D eigenvalue weighted by molar-refractivity contribution is 6.52. The molecule has 168 valence electrons. The van der Waals surface area contributed by atoms with E-state index in [1.54, 1.807) is 49.6 Å². The standard InChI is InChI=1S/C24H17Cl3N2O4/c1-12-9-14(25)3-4-18(12)29-20(13-5-7-28-8-6-13)19(22(31)24(29)32)21(30)16-10-15(26)11-17(27)23(16)33-2/h3-11,20,30H,1-2H3/b21-19+. The Bertz CT molecular complexity index is 1310. The maximum Gasteiger partial charge on any atom is 0.300 e. The van der Waals surface area contributed by atoms with Gasteiger partial charge in [-0.3, -0.25) is 19.5 Å². The summed E-state index contributed by atoms with van der Waals surface area (Å²) in [6.07, 6.45) is 3.09. The van der Waals surface area contributed by atoms with Gasteiger partial charge in [-0.25, -0.2) is 0 Å². The second-order valence-corrected chi connectivity index (χ2v) is 8.63. The summed E-state index contributed by atoms with van der Waals surface area (Å²) < 4.78 is 5.34. The number of ether oxygens (including phenoxy) is 1. The van der Waals surface area contributed by atoms with Crippen LogP contribution in [0.1, 0.15) is 22.7 Å². The number of pyridine rings is 1. The SMILES string of the molecule is COc1c(Cl)cc(Cl)cc1/C(O)=C1\C(=O)C(=O)N(c2ccc(Cl)cc2C)C1c1ccncc1. The highest BCUT2D eigenvalue weighted by Gasteiger charge is 2.47. The van der Waals surface area contributed by atoms with Gasteiger partial charge in [0.05, 0.1) is 29.3 Å². The Kier molecular flexibility index (Phi) is 6.34. The second-order valence-electron chi connectivity index (χ2n) is 7.35. The first-order chi connectivity index (χ1) is 15.7. The fraction of sp³-hybridized carbons (Fsp3) is 0.125. The molecular weight excluding hydrogens is 487 g/mol. The van der Waals surface area contributed by atoms with Crippen LogP contribution in [0.2, 0.25) is 15.1 Å². The molecule has 0 spiro atoms. The number of hydrogen-bond acceptors (Lipinski definition) is 5. The lowest BCUT2D eigenvalue weighted by molar-refractivity contribution is -0.132. The van der Waals surface area contributed by atoms with E-state index in [0.29, 0.717) is 21.8 Å². The van der Waals surface area contributed by atoms with Crippen molar-refractivity contribution < 1.29 is 19.4 Å². The van der Waals surface area contributed by atoms with Crippen LogP contribution in [0.4, 0.5) is 5.69 Å². The molecule has 0 saturated carbocycles. The summed E-state index contributed by atoms with van der Waals surface area (Å²) in [4.78, 5) is 31.9. The minimum absolute atomic E-state index is 0.0971. The molecule has 1 aliphatic heterocycles. The van der Waals surface area contributed by atoms with Crippen molar-refractivity contribution in [2.45, 2.75) is 13.0 Å². The minimum atomic E-state index is -0.935. The molecule has 1 saturated heterocycles. The highest BCUT2D eigenvalue weighted by Crippen LogP contribution is 2.45. The van der Waals surface area contributed by atoms with E-state index in [0.717, 1.165) is 0 Å². The van der Waals surface area contributed by atoms with Gasteiger partial charge in [-0.2, -0.15) is 0 Å². The number of halogens is 3. The average Bonchev–Trinajstić information content (AvgIpc) is 3.04. The van der Waals surface area contributed by atoms with Crippen LogP contribution in [0, 0.1) is 6.92 Å². The zero-order chi connectivity index (χ0) is 23.9. The fourth-order valence-electron chi connectivity index (χ4n) is 3.92. The molecule has 6 nitrogen and oxygen atoms in total. The predicted octanol–water partition coefficient (Wildman–Crippen LogP) is 5.99. The number of hydrogen-bond donors (Lipinski definition) is 1. The van der Waals surface area contributed by atoms with Crippen molar-refractivity contribution in [1.29, 1.82) is 0 Å². The molecule has 1 aromatic heterocycles. The lowest BCUT2D eigenvalue weighted by Crippen LogP contribution is -2.30. The topological polar surface area (TPSA) is 79.7 Å². The van der Waals surface area contributed by atoms with Gasteiger partial charge < -0.3 is 9.84 Å². The minimum Gasteiger partial charge on any atom is -0.507 e. The van der Waals surface area contributed by atoms with E-state index >= 15 is 0 Å². The summed E-state index contributed by atoms with van der Waals surface area (Å²) in [7, 11) is 1.38. The smallest absolute Gasteiger partial charge is 0.300 e. The normalized spacial score (nSPS) is 17.5. The van der Waals surface area contributed by atoms with Gasteiger partial charge in [0.2, 0.25) is 0 Å². The first-order valence-corrected chi connectivity index (χ1v) is 10.9. The number of carbonyl (C=O) groups excluding carboxylic acids is 2. The third kappa shape index (κ3) is 4.06. The average molecular weight is 504 g/mol. The molecule has 0 aliphatic carbocycles. The molecule has 1 amide bonds. The Morgan fingerprint density at radius 1 is 1.03 bits per heavy atom. The molecule has 9 heteroatoms. The number of carbonyl (C=O) groups is 2. The number of aliphatic hydroxyl groups excluding tert-OH is 1. The number of rotatable bonds is 4. The summed E-state index contributed by atoms with van der Waals surface area (Å²) in [6, 6.07) is 10.3. The van der Waals surface area contributed by atoms with Crippen molar-refractivity contribution in [1.82, 2.24) is 4.98 Å². The van der Waals surface area contributed by atoms with Crippen molar-refractivity contribution in [3.05, 3.63) is 92.2 Å². The number of aryl methyl sites for hydroxylation is 1. The summed E-state index contributed by atoms with van der Waals surface area (Å²) >= 11 is 18.5. The van der Waals surface area contributed by atoms with Crippen LogP contribution in [0.25, 0.3) is 5.76 Å². The van der Waals surface area contributed by atoms with E-state index in [1.165, 1.54) is 24.1 Å². The van der Waals surface area contributed by atoms with Crippen LogP contribution in [0.5, 0.6) is 5.75 Å². The van der Waals surface area contributed by atoms with Crippen molar-refractivity contribution in [3.8, 4) is 5.75 Å². The lowest BCUT2D eigenvalue weighted by Gasteiger charge is -2.27. The maximum atomic E-state index is 13.3. The number of nitrogens with zero attached hydrogens (tertiary/aromatic N) is 2. The molecule has 2 heterocycles. The molecule has 1 fully saturated rings. The van der Waals surface area contributed by atoms with Crippen molar-refractivity contribution in [2.75, 3.05) is 12.0 Å². The van der Waals surface area contributed by atoms with Gasteiger partial charge in [0.1, 0.15) is 11.5 Å². The third-order valence-electron chi connectivity index (χ3n) is 5.35. The summed E-state index contributed by atoms with van der Waals surface area (Å²) in [5, 5.41) is 12.2. The maximum absolute atomic E-state index is 13.3. The number of ketones is 1. The molecule has 4 rings (SSSR count). The van der Waals surface area contributed by atoms with Crippen LogP contribution in [-0.4, -0.2) is 28.9 Å². The molecule has 1 N–H and O–H groups in total. The van der Waals surface area contributed by atoms with Gasteiger partial charge in [0.25, 0.3) is 11.7 Å². The fourth-order valence-corrected chi connectivity index (χ4v) is 4.72. The number of aliphatic hydroxyl groups is 1.